The minimum absolute atomic E-state index is 0.158. The van der Waals surface area contributed by atoms with Crippen molar-refractivity contribution in [2.75, 3.05) is 19.0 Å². The first-order valence-corrected chi connectivity index (χ1v) is 9.20. The lowest BCUT2D eigenvalue weighted by molar-refractivity contribution is -0.118. The second-order valence-corrected chi connectivity index (χ2v) is 6.93. The van der Waals surface area contributed by atoms with Crippen LogP contribution >= 0.6 is 22.9 Å². The Morgan fingerprint density at radius 1 is 1.26 bits per heavy atom. The number of carbonyl (C=O) groups excluding carboxylic acids is 1. The van der Waals surface area contributed by atoms with Crippen LogP contribution in [0.2, 0.25) is 5.02 Å². The fraction of sp³-hybridized carbons (Fsp3) is 0.158. The zero-order valence-corrected chi connectivity index (χ0v) is 16.2. The molecule has 0 aliphatic heterocycles. The highest BCUT2D eigenvalue weighted by Gasteiger charge is 2.11. The van der Waals surface area contributed by atoms with E-state index in [2.05, 4.69) is 10.3 Å². The normalized spacial score (nSPS) is 10.5. The highest BCUT2D eigenvalue weighted by Crippen LogP contribution is 2.28. The first-order valence-electron chi connectivity index (χ1n) is 7.94. The number of rotatable bonds is 6. The van der Waals surface area contributed by atoms with Gasteiger partial charge in [-0.3, -0.25) is 10.1 Å². The summed E-state index contributed by atoms with van der Waals surface area (Å²) >= 11 is 7.14. The monoisotopic (exact) mass is 406 g/mol. The van der Waals surface area contributed by atoms with Crippen LogP contribution in [0.25, 0.3) is 11.3 Å². The molecule has 27 heavy (non-hydrogen) atoms. The van der Waals surface area contributed by atoms with Crippen molar-refractivity contribution >= 4 is 34.0 Å². The molecule has 1 heterocycles. The number of anilines is 1. The number of aromatic nitrogens is 1. The van der Waals surface area contributed by atoms with Crippen molar-refractivity contribution < 1.29 is 18.7 Å². The molecule has 1 N–H and O–H groups in total. The van der Waals surface area contributed by atoms with Gasteiger partial charge in [-0.2, -0.15) is 0 Å². The molecule has 8 heteroatoms. The number of carbonyl (C=O) groups is 1. The molecule has 0 unspecified atom stereocenters. The summed E-state index contributed by atoms with van der Waals surface area (Å²) < 4.78 is 24.2. The largest absolute Gasteiger partial charge is 0.494 e. The number of methoxy groups -OCH3 is 1. The molecule has 0 bridgehead atoms. The number of ether oxygens (including phenoxy) is 2. The van der Waals surface area contributed by atoms with Gasteiger partial charge in [-0.05, 0) is 48.9 Å². The smallest absolute Gasteiger partial charge is 0.264 e. The van der Waals surface area contributed by atoms with Crippen LogP contribution in [0.1, 0.15) is 5.56 Å². The molecular weight excluding hydrogens is 391 g/mol. The number of benzene rings is 2. The number of nitrogens with zero attached hydrogens (tertiary/aromatic N) is 1. The van der Waals surface area contributed by atoms with Crippen molar-refractivity contribution in [3.63, 3.8) is 0 Å². The van der Waals surface area contributed by atoms with Gasteiger partial charge in [0.15, 0.2) is 23.3 Å². The molecule has 0 fully saturated rings. The summed E-state index contributed by atoms with van der Waals surface area (Å²) in [5, 5.41) is 5.42. The van der Waals surface area contributed by atoms with E-state index in [4.69, 9.17) is 21.1 Å². The molecule has 3 aromatic rings. The van der Waals surface area contributed by atoms with Crippen LogP contribution in [0.4, 0.5) is 9.52 Å². The molecule has 0 atom stereocenters. The SMILES string of the molecule is COc1ccc(-c2csc(NC(=O)COc3ccc(Cl)cc3C)n2)cc1F. The van der Waals surface area contributed by atoms with Crippen LogP contribution in [0.15, 0.2) is 41.8 Å². The number of nitrogens with one attached hydrogen (secondary N) is 1. The van der Waals surface area contributed by atoms with E-state index in [1.54, 1.807) is 29.6 Å². The van der Waals surface area contributed by atoms with Crippen molar-refractivity contribution in [3.8, 4) is 22.8 Å². The van der Waals surface area contributed by atoms with Gasteiger partial charge in [-0.25, -0.2) is 9.37 Å². The topological polar surface area (TPSA) is 60.5 Å². The molecule has 0 saturated carbocycles. The summed E-state index contributed by atoms with van der Waals surface area (Å²) in [6, 6.07) is 9.74. The van der Waals surface area contributed by atoms with E-state index in [0.29, 0.717) is 27.2 Å². The van der Waals surface area contributed by atoms with Crippen molar-refractivity contribution in [1.29, 1.82) is 0 Å². The minimum atomic E-state index is -0.472. The Kier molecular flexibility index (Phi) is 5.93. The fourth-order valence-electron chi connectivity index (χ4n) is 2.36. The number of hydrogen-bond acceptors (Lipinski definition) is 5. The Bertz CT molecular complexity index is 977. The van der Waals surface area contributed by atoms with Gasteiger partial charge in [-0.1, -0.05) is 11.6 Å². The fourth-order valence-corrected chi connectivity index (χ4v) is 3.33. The molecule has 0 saturated heterocycles. The summed E-state index contributed by atoms with van der Waals surface area (Å²) in [6.45, 7) is 1.69. The lowest BCUT2D eigenvalue weighted by Gasteiger charge is -2.08. The molecule has 0 spiro atoms. The van der Waals surface area contributed by atoms with Gasteiger partial charge in [0.1, 0.15) is 5.75 Å². The van der Waals surface area contributed by atoms with Gasteiger partial charge in [0.05, 0.1) is 12.8 Å². The summed E-state index contributed by atoms with van der Waals surface area (Å²) in [7, 11) is 1.40. The Morgan fingerprint density at radius 3 is 2.74 bits per heavy atom. The number of thiazole rings is 1. The molecule has 140 valence electrons. The molecule has 0 radical (unpaired) electrons. The van der Waals surface area contributed by atoms with Crippen molar-refractivity contribution in [3.05, 3.63) is 58.2 Å². The van der Waals surface area contributed by atoms with E-state index in [1.807, 2.05) is 6.92 Å². The Labute approximate surface area is 164 Å². The van der Waals surface area contributed by atoms with Crippen LogP contribution in [0.5, 0.6) is 11.5 Å². The second-order valence-electron chi connectivity index (χ2n) is 5.63. The average Bonchev–Trinajstić information content (AvgIpc) is 3.09. The highest BCUT2D eigenvalue weighted by molar-refractivity contribution is 7.14. The number of amides is 1. The molecular formula is C19H16ClFN2O3S. The van der Waals surface area contributed by atoms with Gasteiger partial charge >= 0.3 is 0 Å². The molecule has 2 aromatic carbocycles. The number of halogens is 2. The van der Waals surface area contributed by atoms with Crippen LogP contribution in [-0.2, 0) is 4.79 Å². The first-order chi connectivity index (χ1) is 13.0. The zero-order valence-electron chi connectivity index (χ0n) is 14.6. The van der Waals surface area contributed by atoms with Crippen LogP contribution < -0.4 is 14.8 Å². The van der Waals surface area contributed by atoms with Crippen molar-refractivity contribution in [2.45, 2.75) is 6.92 Å². The standard InChI is InChI=1S/C19H16ClFN2O3S/c1-11-7-13(20)4-6-16(11)26-9-18(24)23-19-22-15(10-27-19)12-3-5-17(25-2)14(21)8-12/h3-8,10H,9H2,1-2H3,(H,22,23,24). The second kappa shape index (κ2) is 8.37. The predicted octanol–water partition coefficient (Wildman–Crippen LogP) is 4.94. The molecule has 5 nitrogen and oxygen atoms in total. The highest BCUT2D eigenvalue weighted by atomic mass is 35.5. The third-order valence-corrected chi connectivity index (χ3v) is 4.69. The molecule has 0 aliphatic rings. The van der Waals surface area contributed by atoms with E-state index >= 15 is 0 Å². The van der Waals surface area contributed by atoms with Crippen LogP contribution in [0.3, 0.4) is 0 Å². The van der Waals surface area contributed by atoms with E-state index < -0.39 is 5.82 Å². The lowest BCUT2D eigenvalue weighted by atomic mass is 10.1. The average molecular weight is 407 g/mol. The maximum absolute atomic E-state index is 13.8. The van der Waals surface area contributed by atoms with Crippen LogP contribution in [0, 0.1) is 12.7 Å². The number of hydrogen-bond donors (Lipinski definition) is 1. The predicted molar refractivity (Wildman–Crippen MR) is 104 cm³/mol. The minimum Gasteiger partial charge on any atom is -0.494 e. The van der Waals surface area contributed by atoms with Gasteiger partial charge in [-0.15, -0.1) is 11.3 Å². The summed E-state index contributed by atoms with van der Waals surface area (Å²) in [6.07, 6.45) is 0. The zero-order chi connectivity index (χ0) is 19.4. The van der Waals surface area contributed by atoms with E-state index in [9.17, 15) is 9.18 Å². The van der Waals surface area contributed by atoms with E-state index in [1.165, 1.54) is 30.6 Å². The summed E-state index contributed by atoms with van der Waals surface area (Å²) in [5.74, 6) is -0.0632. The van der Waals surface area contributed by atoms with Gasteiger partial charge in [0, 0.05) is 16.0 Å². The van der Waals surface area contributed by atoms with Gasteiger partial charge < -0.3 is 9.47 Å². The molecule has 3 rings (SSSR count). The van der Waals surface area contributed by atoms with E-state index in [-0.39, 0.29) is 18.3 Å². The van der Waals surface area contributed by atoms with Crippen molar-refractivity contribution in [1.82, 2.24) is 4.98 Å². The molecule has 0 aliphatic carbocycles. The third-order valence-electron chi connectivity index (χ3n) is 3.69. The molecule has 1 amide bonds. The lowest BCUT2D eigenvalue weighted by Crippen LogP contribution is -2.20. The maximum atomic E-state index is 13.8. The quantitative estimate of drug-likeness (QED) is 0.630. The Morgan fingerprint density at radius 2 is 2.04 bits per heavy atom. The summed E-state index contributed by atoms with van der Waals surface area (Å²) in [5.41, 5.74) is 2.00. The van der Waals surface area contributed by atoms with Crippen molar-refractivity contribution in [2.24, 2.45) is 0 Å². The Hall–Kier alpha value is -2.64. The van der Waals surface area contributed by atoms with Gasteiger partial charge in [0.2, 0.25) is 0 Å². The van der Waals surface area contributed by atoms with Crippen LogP contribution in [-0.4, -0.2) is 24.6 Å². The first kappa shape index (κ1) is 19.1. The third kappa shape index (κ3) is 4.75. The Balaban J connectivity index is 1.61. The molecule has 1 aromatic heterocycles. The summed E-state index contributed by atoms with van der Waals surface area (Å²) in [4.78, 5) is 16.4. The maximum Gasteiger partial charge on any atom is 0.264 e. The number of aryl methyl sites for hydroxylation is 1. The van der Waals surface area contributed by atoms with E-state index in [0.717, 1.165) is 5.56 Å². The van der Waals surface area contributed by atoms with Gasteiger partial charge in [0.25, 0.3) is 5.91 Å².